The van der Waals surface area contributed by atoms with Crippen LogP contribution >= 0.6 is 0 Å². The van der Waals surface area contributed by atoms with Crippen LogP contribution < -0.4 is 5.32 Å². The van der Waals surface area contributed by atoms with E-state index in [1.165, 1.54) is 6.42 Å². The zero-order valence-corrected chi connectivity index (χ0v) is 14.4. The third-order valence-electron chi connectivity index (χ3n) is 4.25. The van der Waals surface area contributed by atoms with Crippen molar-refractivity contribution >= 4 is 17.9 Å². The molecule has 0 radical (unpaired) electrons. The van der Waals surface area contributed by atoms with E-state index in [0.717, 1.165) is 25.8 Å². The van der Waals surface area contributed by atoms with Crippen LogP contribution in [0.4, 0.5) is 19.2 Å². The number of nitrogens with one attached hydrogen (secondary N) is 1. The van der Waals surface area contributed by atoms with Gasteiger partial charge in [-0.05, 0) is 25.7 Å². The number of amides is 1. The Morgan fingerprint density at radius 3 is 2.38 bits per heavy atom. The minimum atomic E-state index is -5.08. The molecule has 2 N–H and O–H groups in total. The number of carbonyl (C=O) groups is 2. The Morgan fingerprint density at radius 2 is 1.96 bits per heavy atom. The van der Waals surface area contributed by atoms with Gasteiger partial charge in [-0.3, -0.25) is 4.79 Å². The molecular weight excluding hydrogens is 357 g/mol. The number of rotatable bonds is 4. The number of aliphatic carboxylic acids is 1. The Balaban J connectivity index is 0.000000298. The number of hydrogen-bond donors (Lipinski definition) is 2. The second kappa shape index (κ2) is 7.92. The fourth-order valence-corrected chi connectivity index (χ4v) is 2.57. The molecule has 1 aromatic heterocycles. The number of alkyl halides is 3. The first-order valence-electron chi connectivity index (χ1n) is 8.30. The Labute approximate surface area is 147 Å². The van der Waals surface area contributed by atoms with Crippen molar-refractivity contribution in [3.63, 3.8) is 0 Å². The van der Waals surface area contributed by atoms with Gasteiger partial charge in [-0.25, -0.2) is 4.79 Å². The molecule has 0 spiro atoms. The van der Waals surface area contributed by atoms with Crippen LogP contribution in [0.3, 0.4) is 0 Å². The Bertz CT molecular complexity index is 643. The van der Waals surface area contributed by atoms with Gasteiger partial charge in [0, 0.05) is 18.5 Å². The Morgan fingerprint density at radius 1 is 1.35 bits per heavy atom. The topological polar surface area (TPSA) is 109 Å². The molecule has 1 unspecified atom stereocenters. The number of likely N-dealkylation sites (tertiary alicyclic amines) is 1. The molecule has 8 nitrogen and oxygen atoms in total. The first-order valence-corrected chi connectivity index (χ1v) is 8.30. The van der Waals surface area contributed by atoms with Crippen LogP contribution in [-0.4, -0.2) is 56.8 Å². The molecule has 26 heavy (non-hydrogen) atoms. The van der Waals surface area contributed by atoms with Crippen LogP contribution in [0, 0.1) is 0 Å². The summed E-state index contributed by atoms with van der Waals surface area (Å²) in [4.78, 5) is 27.4. The summed E-state index contributed by atoms with van der Waals surface area (Å²) in [6, 6.07) is 0.617. The molecule has 1 aliphatic heterocycles. The van der Waals surface area contributed by atoms with Crippen molar-refractivity contribution in [1.82, 2.24) is 15.0 Å². The second-order valence-corrected chi connectivity index (χ2v) is 6.52. The summed E-state index contributed by atoms with van der Waals surface area (Å²) in [6.07, 6.45) is -0.726. The van der Waals surface area contributed by atoms with E-state index in [-0.39, 0.29) is 17.9 Å². The standard InChI is InChI=1S/C13H20N4O2.C2HF3O2/c1-8(2)11-15-13(19-16-11)14-10-6-7-17(12(10)18)9-4-3-5-9;3-2(4,5)1(6)7/h8-10H,3-7H2,1-2H3,(H,14,15,16);(H,6,7). The number of hydrogen-bond acceptors (Lipinski definition) is 6. The maximum absolute atomic E-state index is 12.3. The molecule has 1 saturated carbocycles. The van der Waals surface area contributed by atoms with Crippen LogP contribution in [0.1, 0.15) is 51.3 Å². The zero-order valence-electron chi connectivity index (χ0n) is 14.4. The van der Waals surface area contributed by atoms with Gasteiger partial charge in [-0.1, -0.05) is 19.0 Å². The van der Waals surface area contributed by atoms with E-state index in [1.54, 1.807) is 0 Å². The van der Waals surface area contributed by atoms with Gasteiger partial charge in [0.05, 0.1) is 0 Å². The molecule has 1 aliphatic carbocycles. The van der Waals surface area contributed by atoms with E-state index < -0.39 is 12.1 Å². The summed E-state index contributed by atoms with van der Waals surface area (Å²) in [5.41, 5.74) is 0. The quantitative estimate of drug-likeness (QED) is 0.828. The number of carboxylic acids is 1. The second-order valence-electron chi connectivity index (χ2n) is 6.52. The van der Waals surface area contributed by atoms with E-state index in [0.29, 0.717) is 17.9 Å². The van der Waals surface area contributed by atoms with Gasteiger partial charge in [0.2, 0.25) is 5.91 Å². The van der Waals surface area contributed by atoms with Gasteiger partial charge in [0.15, 0.2) is 5.82 Å². The molecule has 2 fully saturated rings. The van der Waals surface area contributed by atoms with E-state index in [4.69, 9.17) is 14.4 Å². The van der Waals surface area contributed by atoms with Gasteiger partial charge >= 0.3 is 18.2 Å². The minimum Gasteiger partial charge on any atom is -0.475 e. The smallest absolute Gasteiger partial charge is 0.475 e. The predicted molar refractivity (Wildman–Crippen MR) is 83.5 cm³/mol. The van der Waals surface area contributed by atoms with Crippen LogP contribution in [-0.2, 0) is 9.59 Å². The van der Waals surface area contributed by atoms with Crippen molar-refractivity contribution in [2.45, 2.75) is 63.7 Å². The zero-order chi connectivity index (χ0) is 19.5. The normalized spacial score (nSPS) is 20.6. The first kappa shape index (κ1) is 20.0. The molecule has 146 valence electrons. The summed E-state index contributed by atoms with van der Waals surface area (Å²) < 4.78 is 36.9. The average Bonchev–Trinajstić information content (AvgIpc) is 3.08. The number of carboxylic acid groups (broad SMARTS) is 1. The molecular formula is C15H21F3N4O4. The predicted octanol–water partition coefficient (Wildman–Crippen LogP) is 2.39. The highest BCUT2D eigenvalue weighted by Gasteiger charge is 2.39. The van der Waals surface area contributed by atoms with E-state index in [1.807, 2.05) is 18.7 Å². The Hall–Kier alpha value is -2.33. The van der Waals surface area contributed by atoms with Crippen molar-refractivity contribution in [3.8, 4) is 0 Å². The number of aromatic nitrogens is 2. The van der Waals surface area contributed by atoms with E-state index in [2.05, 4.69) is 15.5 Å². The fraction of sp³-hybridized carbons (Fsp3) is 0.733. The summed E-state index contributed by atoms with van der Waals surface area (Å²) in [5, 5.41) is 14.1. The largest absolute Gasteiger partial charge is 0.490 e. The van der Waals surface area contributed by atoms with E-state index >= 15 is 0 Å². The van der Waals surface area contributed by atoms with Crippen molar-refractivity contribution in [2.75, 3.05) is 11.9 Å². The van der Waals surface area contributed by atoms with Gasteiger partial charge < -0.3 is 19.8 Å². The molecule has 2 aliphatic rings. The lowest BCUT2D eigenvalue weighted by molar-refractivity contribution is -0.192. The number of carbonyl (C=O) groups excluding carboxylic acids is 1. The van der Waals surface area contributed by atoms with Gasteiger partial charge in [0.25, 0.3) is 0 Å². The molecule has 1 aromatic rings. The van der Waals surface area contributed by atoms with Crippen LogP contribution in [0.25, 0.3) is 0 Å². The van der Waals surface area contributed by atoms with Crippen molar-refractivity contribution in [2.24, 2.45) is 0 Å². The number of anilines is 1. The fourth-order valence-electron chi connectivity index (χ4n) is 2.57. The molecule has 0 bridgehead atoms. The minimum absolute atomic E-state index is 0.175. The lowest BCUT2D eigenvalue weighted by Crippen LogP contribution is -2.43. The molecule has 1 saturated heterocycles. The summed E-state index contributed by atoms with van der Waals surface area (Å²) >= 11 is 0. The third kappa shape index (κ3) is 4.85. The molecule has 1 amide bonds. The van der Waals surface area contributed by atoms with Crippen LogP contribution in [0.5, 0.6) is 0 Å². The van der Waals surface area contributed by atoms with Gasteiger partial charge in [0.1, 0.15) is 6.04 Å². The SMILES string of the molecule is CC(C)c1noc(NC2CCN(C3CCC3)C2=O)n1.O=C(O)C(F)(F)F. The Kier molecular flexibility index (Phi) is 6.09. The highest BCUT2D eigenvalue weighted by molar-refractivity contribution is 5.86. The lowest BCUT2D eigenvalue weighted by atomic mass is 9.92. The average molecular weight is 378 g/mol. The maximum Gasteiger partial charge on any atom is 0.490 e. The van der Waals surface area contributed by atoms with Crippen molar-refractivity contribution < 1.29 is 32.4 Å². The summed E-state index contributed by atoms with van der Waals surface area (Å²) in [6.45, 7) is 4.85. The highest BCUT2D eigenvalue weighted by Crippen LogP contribution is 2.29. The summed E-state index contributed by atoms with van der Waals surface area (Å²) in [5.74, 6) is -1.68. The molecule has 2 heterocycles. The molecule has 3 rings (SSSR count). The maximum atomic E-state index is 12.3. The summed E-state index contributed by atoms with van der Waals surface area (Å²) in [7, 11) is 0. The van der Waals surface area contributed by atoms with Crippen molar-refractivity contribution in [3.05, 3.63) is 5.82 Å². The molecule has 1 atom stereocenters. The van der Waals surface area contributed by atoms with Gasteiger partial charge in [-0.2, -0.15) is 18.2 Å². The van der Waals surface area contributed by atoms with Crippen LogP contribution in [0.2, 0.25) is 0 Å². The van der Waals surface area contributed by atoms with Crippen molar-refractivity contribution in [1.29, 1.82) is 0 Å². The van der Waals surface area contributed by atoms with E-state index in [9.17, 15) is 18.0 Å². The van der Waals surface area contributed by atoms with Crippen LogP contribution in [0.15, 0.2) is 4.52 Å². The lowest BCUT2D eigenvalue weighted by Gasteiger charge is -2.34. The number of halogens is 3. The molecule has 11 heteroatoms. The third-order valence-corrected chi connectivity index (χ3v) is 4.25. The first-order chi connectivity index (χ1) is 12.1. The molecule has 0 aromatic carbocycles. The highest BCUT2D eigenvalue weighted by atomic mass is 19.4. The monoisotopic (exact) mass is 378 g/mol. The number of nitrogens with zero attached hydrogens (tertiary/aromatic N) is 3. The van der Waals surface area contributed by atoms with Gasteiger partial charge in [-0.15, -0.1) is 0 Å².